The Morgan fingerprint density at radius 1 is 0.732 bits per heavy atom. The average Bonchev–Trinajstić information content (AvgIpc) is 3.18. The van der Waals surface area contributed by atoms with Gasteiger partial charge in [-0.15, -0.1) is 0 Å². The summed E-state index contributed by atoms with van der Waals surface area (Å²) in [5.41, 5.74) is 0.626. The zero-order valence-electron chi connectivity index (χ0n) is 31.3. The molecule has 0 saturated carbocycles. The van der Waals surface area contributed by atoms with Crippen LogP contribution in [0.4, 0.5) is 0 Å². The van der Waals surface area contributed by atoms with Crippen LogP contribution in [0.5, 0.6) is 0 Å². The van der Waals surface area contributed by atoms with E-state index < -0.39 is 53.4 Å². The molecular formula is C41H52BrCl2N2O8PPt. The van der Waals surface area contributed by atoms with Gasteiger partial charge in [-0.3, -0.25) is 14.4 Å². The molecule has 4 aromatic carbocycles. The topological polar surface area (TPSA) is 189 Å². The van der Waals surface area contributed by atoms with Crippen LogP contribution in [-0.2, 0) is 45.1 Å². The van der Waals surface area contributed by atoms with Crippen LogP contribution in [0.3, 0.4) is 0 Å². The third-order valence-electron chi connectivity index (χ3n) is 8.29. The predicted molar refractivity (Wildman–Crippen MR) is 220 cm³/mol. The number of carboxylic acid groups (broad SMARTS) is 2. The van der Waals surface area contributed by atoms with E-state index in [-0.39, 0.29) is 55.2 Å². The Hall–Kier alpha value is -2.95. The minimum absolute atomic E-state index is 0. The van der Waals surface area contributed by atoms with Crippen molar-refractivity contribution in [1.29, 1.82) is 0 Å². The Morgan fingerprint density at radius 3 is 1.55 bits per heavy atom. The van der Waals surface area contributed by atoms with E-state index in [1.54, 1.807) is 0 Å². The first-order valence-electron chi connectivity index (χ1n) is 17.0. The Kier molecular flexibility index (Phi) is 27.7. The molecule has 0 unspecified atom stereocenters. The number of halogens is 3. The number of esters is 1. The molecule has 0 amide bonds. The van der Waals surface area contributed by atoms with Crippen molar-refractivity contribution in [3.63, 3.8) is 0 Å². The van der Waals surface area contributed by atoms with Gasteiger partial charge < -0.3 is 53.7 Å². The van der Waals surface area contributed by atoms with Crippen molar-refractivity contribution >= 4 is 66.0 Å². The van der Waals surface area contributed by atoms with Crippen molar-refractivity contribution in [1.82, 2.24) is 12.3 Å². The number of carboxylic acids is 2. The van der Waals surface area contributed by atoms with E-state index in [1.807, 2.05) is 49.4 Å². The Morgan fingerprint density at radius 2 is 1.14 bits per heavy atom. The average molecular weight is 1080 g/mol. The molecule has 0 atom stereocenters. The molecule has 4 aromatic rings. The van der Waals surface area contributed by atoms with Crippen molar-refractivity contribution in [2.24, 2.45) is 5.41 Å². The summed E-state index contributed by atoms with van der Waals surface area (Å²) in [6, 6.07) is 42.0. The number of carbonyl (C=O) groups excluding carboxylic acids is 1. The first-order chi connectivity index (χ1) is 25.6. The van der Waals surface area contributed by atoms with Gasteiger partial charge in [-0.05, 0) is 60.9 Å². The Labute approximate surface area is 358 Å². The SMILES string of the molecule is CC1(COC(=O)CCC(=O)O)COC(/C=C/c2ccccc2)OC1.N.N.O=C(O)CCCC[P+](c1ccccc1)(c1ccccc1)c1ccccc1.[Br-].[Cl][Pt][Cl]. The molecule has 0 bridgehead atoms. The van der Waals surface area contributed by atoms with Crippen molar-refractivity contribution in [3.8, 4) is 0 Å². The van der Waals surface area contributed by atoms with Crippen molar-refractivity contribution < 1.29 is 72.3 Å². The van der Waals surface area contributed by atoms with Gasteiger partial charge in [-0.1, -0.05) is 97.9 Å². The zero-order valence-corrected chi connectivity index (χ0v) is 37.6. The maximum atomic E-state index is 11.5. The van der Waals surface area contributed by atoms with Crippen LogP contribution in [0.15, 0.2) is 127 Å². The van der Waals surface area contributed by atoms with Gasteiger partial charge in [-0.2, -0.15) is 0 Å². The summed E-state index contributed by atoms with van der Waals surface area (Å²) < 4.78 is 16.4. The van der Waals surface area contributed by atoms with E-state index in [4.69, 9.17) is 43.3 Å². The first kappa shape index (κ1) is 53.0. The second-order valence-electron chi connectivity index (χ2n) is 12.6. The fourth-order valence-corrected chi connectivity index (χ4v) is 10.1. The van der Waals surface area contributed by atoms with Crippen LogP contribution in [0.2, 0.25) is 0 Å². The molecule has 8 N–H and O–H groups in total. The number of aliphatic carboxylic acids is 2. The molecule has 0 spiro atoms. The van der Waals surface area contributed by atoms with Gasteiger partial charge in [0.05, 0.1) is 32.2 Å². The summed E-state index contributed by atoms with van der Waals surface area (Å²) in [7, 11) is 7.94. The third kappa shape index (κ3) is 18.5. The quantitative estimate of drug-likeness (QED) is 0.0680. The molecule has 1 aliphatic heterocycles. The summed E-state index contributed by atoms with van der Waals surface area (Å²) in [5.74, 6) is -2.26. The summed E-state index contributed by atoms with van der Waals surface area (Å²) in [6.07, 6.45) is 5.82. The molecule has 0 radical (unpaired) electrons. The molecule has 1 heterocycles. The molecule has 310 valence electrons. The number of unbranched alkanes of at least 4 members (excludes halogenated alkanes) is 1. The fraction of sp³-hybridized carbons (Fsp3) is 0.293. The molecule has 1 saturated heterocycles. The molecular weight excluding hydrogens is 1030 g/mol. The van der Waals surface area contributed by atoms with Crippen LogP contribution in [0, 0.1) is 5.41 Å². The Bertz CT molecular complexity index is 1600. The zero-order chi connectivity index (χ0) is 38.4. The normalized spacial score (nSPS) is 15.9. The molecule has 56 heavy (non-hydrogen) atoms. The van der Waals surface area contributed by atoms with Gasteiger partial charge >= 0.3 is 53.2 Å². The van der Waals surface area contributed by atoms with Gasteiger partial charge in [0.15, 0.2) is 6.29 Å². The summed E-state index contributed by atoms with van der Waals surface area (Å²) in [6.45, 7) is 2.82. The van der Waals surface area contributed by atoms with Gasteiger partial charge in [-0.25, -0.2) is 0 Å². The summed E-state index contributed by atoms with van der Waals surface area (Å²) in [5, 5.41) is 21.6. The van der Waals surface area contributed by atoms with E-state index in [2.05, 4.69) is 91.0 Å². The van der Waals surface area contributed by atoms with E-state index in [0.717, 1.165) is 18.1 Å². The number of rotatable bonds is 15. The number of hydrogen-bond donors (Lipinski definition) is 4. The summed E-state index contributed by atoms with van der Waals surface area (Å²) in [4.78, 5) is 32.8. The molecule has 1 fully saturated rings. The third-order valence-corrected chi connectivity index (χ3v) is 12.8. The van der Waals surface area contributed by atoms with Gasteiger partial charge in [0.1, 0.15) is 29.8 Å². The second kappa shape index (κ2) is 29.3. The van der Waals surface area contributed by atoms with Crippen molar-refractivity contribution in [2.45, 2.75) is 45.3 Å². The van der Waals surface area contributed by atoms with Crippen molar-refractivity contribution in [3.05, 3.63) is 133 Å². The van der Waals surface area contributed by atoms with E-state index >= 15 is 0 Å². The van der Waals surface area contributed by atoms with E-state index in [1.165, 1.54) is 15.9 Å². The van der Waals surface area contributed by atoms with Crippen LogP contribution in [-0.4, -0.2) is 60.4 Å². The van der Waals surface area contributed by atoms with Gasteiger partial charge in [0.2, 0.25) is 0 Å². The van der Waals surface area contributed by atoms with Crippen LogP contribution >= 0.6 is 26.1 Å². The number of ether oxygens (including phenoxy) is 3. The van der Waals surface area contributed by atoms with E-state index in [9.17, 15) is 14.4 Å². The van der Waals surface area contributed by atoms with Crippen LogP contribution in [0.25, 0.3) is 6.08 Å². The number of hydrogen-bond acceptors (Lipinski definition) is 8. The molecule has 15 heteroatoms. The Balaban J connectivity index is 0.000000964. The second-order valence-corrected chi connectivity index (χ2v) is 19.5. The number of carbonyl (C=O) groups is 3. The molecule has 10 nitrogen and oxygen atoms in total. The van der Waals surface area contributed by atoms with Crippen LogP contribution < -0.4 is 45.2 Å². The van der Waals surface area contributed by atoms with Crippen molar-refractivity contribution in [2.75, 3.05) is 26.0 Å². The standard InChI is InChI=1S/C23H23O2P.C18H22O6.BrH.2ClH.2H3N.Pt/c24-23(25)18-10-11-19-26(20-12-4-1-5-13-20,21-14-6-2-7-15-21)22-16-8-3-9-17-22;1-18(11-22-16(21)9-8-15(19)20)12-23-17(24-13-18)10-7-14-5-3-2-4-6-14;;;;;;/h1-9,12-17H,10-11,18-19H2;2-7,10,17H,8-9,11-13H2,1H3,(H,19,20);3*1H;2*1H3;/q;;;;;;;+2/p-2/b;10-7+;;;;;;. The minimum atomic E-state index is -1.81. The molecule has 1 aliphatic rings. The first-order valence-corrected chi connectivity index (χ1v) is 24.7. The van der Waals surface area contributed by atoms with E-state index in [0.29, 0.717) is 19.6 Å². The molecule has 0 aromatic heterocycles. The molecule has 0 aliphatic carbocycles. The summed E-state index contributed by atoms with van der Waals surface area (Å²) >= 11 is -0.472. The predicted octanol–water partition coefficient (Wildman–Crippen LogP) is 5.43. The fourth-order valence-electron chi connectivity index (χ4n) is 5.65. The monoisotopic (exact) mass is 1080 g/mol. The van der Waals surface area contributed by atoms with Crippen LogP contribution in [0.1, 0.15) is 44.6 Å². The number of benzene rings is 4. The maximum absolute atomic E-state index is 11.5. The van der Waals surface area contributed by atoms with Gasteiger partial charge in [0.25, 0.3) is 0 Å². The van der Waals surface area contributed by atoms with Gasteiger partial charge in [0, 0.05) is 11.8 Å². The molecule has 5 rings (SSSR count).